The predicted molar refractivity (Wildman–Crippen MR) is 96.5 cm³/mol. The highest BCUT2D eigenvalue weighted by Crippen LogP contribution is 2.26. The topological polar surface area (TPSA) is 64.6 Å². The molecule has 2 aromatic rings. The molecule has 0 saturated heterocycles. The summed E-state index contributed by atoms with van der Waals surface area (Å²) in [4.78, 5) is 0. The lowest BCUT2D eigenvalue weighted by molar-refractivity contribution is 0.341. The van der Waals surface area contributed by atoms with Crippen LogP contribution in [0, 0.1) is 6.92 Å². The smallest absolute Gasteiger partial charge is 0.236 e. The molecule has 2 aromatic carbocycles. The fraction of sp³-hybridized carbons (Fsp3) is 0.333. The van der Waals surface area contributed by atoms with Gasteiger partial charge < -0.3 is 9.47 Å². The summed E-state index contributed by atoms with van der Waals surface area (Å²) in [6.45, 7) is 4.04. The van der Waals surface area contributed by atoms with Gasteiger partial charge in [0.1, 0.15) is 23.9 Å². The van der Waals surface area contributed by atoms with Gasteiger partial charge in [-0.3, -0.25) is 4.72 Å². The second kappa shape index (κ2) is 8.06. The van der Waals surface area contributed by atoms with Crippen molar-refractivity contribution >= 4 is 15.7 Å². The lowest BCUT2D eigenvalue weighted by Crippen LogP contribution is -2.21. The molecule has 2 rings (SSSR count). The summed E-state index contributed by atoms with van der Waals surface area (Å²) in [6.07, 6.45) is 0.955. The van der Waals surface area contributed by atoms with E-state index in [1.807, 2.05) is 37.3 Å². The highest BCUT2D eigenvalue weighted by molar-refractivity contribution is 7.92. The van der Waals surface area contributed by atoms with Gasteiger partial charge in [-0.05, 0) is 48.7 Å². The predicted octanol–water partition coefficient (Wildman–Crippen LogP) is 3.39. The molecule has 0 saturated carbocycles. The maximum absolute atomic E-state index is 12.2. The van der Waals surface area contributed by atoms with Crippen LogP contribution < -0.4 is 14.2 Å². The van der Waals surface area contributed by atoms with E-state index in [2.05, 4.69) is 11.6 Å². The quantitative estimate of drug-likeness (QED) is 0.793. The molecule has 0 unspecified atom stereocenters. The third-order valence-electron chi connectivity index (χ3n) is 3.57. The average molecular weight is 349 g/mol. The summed E-state index contributed by atoms with van der Waals surface area (Å²) < 4.78 is 37.7. The SMILES string of the molecule is CCc1ccc(OCCS(=O)(=O)Nc2cc(C)ccc2OC)cc1. The van der Waals surface area contributed by atoms with Crippen LogP contribution >= 0.6 is 0 Å². The van der Waals surface area contributed by atoms with Crippen molar-refractivity contribution in [2.24, 2.45) is 0 Å². The number of hydrogen-bond donors (Lipinski definition) is 1. The van der Waals surface area contributed by atoms with Crippen LogP contribution in [0.4, 0.5) is 5.69 Å². The number of aryl methyl sites for hydroxylation is 2. The Morgan fingerprint density at radius 3 is 2.42 bits per heavy atom. The molecule has 0 aliphatic carbocycles. The lowest BCUT2D eigenvalue weighted by Gasteiger charge is -2.13. The number of hydrogen-bond acceptors (Lipinski definition) is 4. The first-order valence-corrected chi connectivity index (χ1v) is 9.45. The van der Waals surface area contributed by atoms with Crippen LogP contribution in [0.2, 0.25) is 0 Å². The van der Waals surface area contributed by atoms with E-state index in [0.717, 1.165) is 12.0 Å². The van der Waals surface area contributed by atoms with Crippen LogP contribution in [-0.4, -0.2) is 27.9 Å². The molecule has 1 N–H and O–H groups in total. The van der Waals surface area contributed by atoms with E-state index in [4.69, 9.17) is 9.47 Å². The van der Waals surface area contributed by atoms with Crippen LogP contribution in [0.1, 0.15) is 18.1 Å². The van der Waals surface area contributed by atoms with Gasteiger partial charge in [-0.15, -0.1) is 0 Å². The average Bonchev–Trinajstić information content (AvgIpc) is 2.55. The number of anilines is 1. The van der Waals surface area contributed by atoms with Crippen LogP contribution in [0.15, 0.2) is 42.5 Å². The van der Waals surface area contributed by atoms with Gasteiger partial charge in [0, 0.05) is 0 Å². The van der Waals surface area contributed by atoms with E-state index in [-0.39, 0.29) is 12.4 Å². The summed E-state index contributed by atoms with van der Waals surface area (Å²) in [5.41, 5.74) is 2.59. The maximum Gasteiger partial charge on any atom is 0.236 e. The molecule has 0 aliphatic rings. The molecule has 0 radical (unpaired) electrons. The van der Waals surface area contributed by atoms with Crippen LogP contribution in [0.5, 0.6) is 11.5 Å². The second-order valence-corrected chi connectivity index (χ2v) is 7.31. The molecule has 0 fully saturated rings. The Morgan fingerprint density at radius 1 is 1.08 bits per heavy atom. The summed E-state index contributed by atoms with van der Waals surface area (Å²) in [5.74, 6) is 1.01. The third-order valence-corrected chi connectivity index (χ3v) is 4.81. The Kier molecular flexibility index (Phi) is 6.09. The summed E-state index contributed by atoms with van der Waals surface area (Å²) >= 11 is 0. The lowest BCUT2D eigenvalue weighted by atomic mass is 10.2. The van der Waals surface area contributed by atoms with Gasteiger partial charge in [0.05, 0.1) is 12.8 Å². The van der Waals surface area contributed by atoms with Crippen molar-refractivity contribution in [2.75, 3.05) is 24.2 Å². The minimum atomic E-state index is -3.52. The van der Waals surface area contributed by atoms with Crippen molar-refractivity contribution in [3.05, 3.63) is 53.6 Å². The number of ether oxygens (including phenoxy) is 2. The number of benzene rings is 2. The molecule has 0 aromatic heterocycles. The Labute approximate surface area is 143 Å². The number of rotatable bonds is 8. The molecule has 5 nitrogen and oxygen atoms in total. The van der Waals surface area contributed by atoms with E-state index in [9.17, 15) is 8.42 Å². The van der Waals surface area contributed by atoms with Gasteiger partial charge >= 0.3 is 0 Å². The molecular formula is C18H23NO4S. The van der Waals surface area contributed by atoms with Crippen molar-refractivity contribution in [2.45, 2.75) is 20.3 Å². The second-order valence-electron chi connectivity index (χ2n) is 5.47. The van der Waals surface area contributed by atoms with Crippen molar-refractivity contribution in [1.29, 1.82) is 0 Å². The molecule has 0 amide bonds. The number of methoxy groups -OCH3 is 1. The monoisotopic (exact) mass is 349 g/mol. The van der Waals surface area contributed by atoms with Gasteiger partial charge in [0.15, 0.2) is 0 Å². The summed E-state index contributed by atoms with van der Waals surface area (Å²) in [5, 5.41) is 0. The summed E-state index contributed by atoms with van der Waals surface area (Å²) in [7, 11) is -2.02. The molecule has 0 heterocycles. The van der Waals surface area contributed by atoms with Crippen molar-refractivity contribution in [3.8, 4) is 11.5 Å². The van der Waals surface area contributed by atoms with Crippen molar-refractivity contribution in [3.63, 3.8) is 0 Å². The number of nitrogens with one attached hydrogen (secondary N) is 1. The minimum absolute atomic E-state index is 0.0783. The highest BCUT2D eigenvalue weighted by Gasteiger charge is 2.14. The van der Waals surface area contributed by atoms with Crippen molar-refractivity contribution < 1.29 is 17.9 Å². The minimum Gasteiger partial charge on any atom is -0.495 e. The van der Waals surface area contributed by atoms with Crippen LogP contribution in [0.25, 0.3) is 0 Å². The van der Waals surface area contributed by atoms with Crippen LogP contribution in [0.3, 0.4) is 0 Å². The molecule has 0 spiro atoms. The van der Waals surface area contributed by atoms with Gasteiger partial charge in [-0.2, -0.15) is 0 Å². The van der Waals surface area contributed by atoms with Gasteiger partial charge in [0.2, 0.25) is 10.0 Å². The van der Waals surface area contributed by atoms with E-state index < -0.39 is 10.0 Å². The highest BCUT2D eigenvalue weighted by atomic mass is 32.2. The molecule has 0 aliphatic heterocycles. The Morgan fingerprint density at radius 2 is 1.79 bits per heavy atom. The normalized spacial score (nSPS) is 11.1. The Bertz CT molecular complexity index is 770. The Balaban J connectivity index is 1.95. The van der Waals surface area contributed by atoms with E-state index in [1.165, 1.54) is 12.7 Å². The molecule has 6 heteroatoms. The largest absolute Gasteiger partial charge is 0.495 e. The van der Waals surface area contributed by atoms with Gasteiger partial charge in [0.25, 0.3) is 0 Å². The molecule has 0 atom stereocenters. The molecule has 24 heavy (non-hydrogen) atoms. The Hall–Kier alpha value is -2.21. The zero-order valence-electron chi connectivity index (χ0n) is 14.2. The summed E-state index contributed by atoms with van der Waals surface area (Å²) in [6, 6.07) is 13.0. The molecular weight excluding hydrogens is 326 g/mol. The molecule has 0 bridgehead atoms. The maximum atomic E-state index is 12.2. The first-order chi connectivity index (χ1) is 11.4. The molecule has 130 valence electrons. The van der Waals surface area contributed by atoms with Crippen LogP contribution in [-0.2, 0) is 16.4 Å². The van der Waals surface area contributed by atoms with E-state index in [0.29, 0.717) is 17.2 Å². The first-order valence-electron chi connectivity index (χ1n) is 7.80. The van der Waals surface area contributed by atoms with E-state index >= 15 is 0 Å². The zero-order chi connectivity index (χ0) is 17.6. The van der Waals surface area contributed by atoms with Gasteiger partial charge in [-0.1, -0.05) is 25.1 Å². The van der Waals surface area contributed by atoms with E-state index in [1.54, 1.807) is 12.1 Å². The zero-order valence-corrected chi connectivity index (χ0v) is 15.0. The third kappa shape index (κ3) is 5.16. The first kappa shape index (κ1) is 18.1. The fourth-order valence-electron chi connectivity index (χ4n) is 2.21. The standard InChI is InChI=1S/C18H23NO4S/c1-4-15-6-8-16(9-7-15)23-11-12-24(20,21)19-17-13-14(2)5-10-18(17)22-3/h5-10,13,19H,4,11-12H2,1-3H3. The van der Waals surface area contributed by atoms with Gasteiger partial charge in [-0.25, -0.2) is 8.42 Å². The van der Waals surface area contributed by atoms with Crippen molar-refractivity contribution in [1.82, 2.24) is 0 Å². The number of sulfonamides is 1. The fourth-order valence-corrected chi connectivity index (χ4v) is 3.11.